The Hall–Kier alpha value is -1.59. The number of aliphatic hydroxyl groups excluding tert-OH is 1. The fourth-order valence-electron chi connectivity index (χ4n) is 2.78. The van der Waals surface area contributed by atoms with Gasteiger partial charge in [0.15, 0.2) is 0 Å². The average molecular weight is 275 g/mol. The summed E-state index contributed by atoms with van der Waals surface area (Å²) in [6.45, 7) is 5.48. The fraction of sp³-hybridized carbons (Fsp3) is 0.533. The van der Waals surface area contributed by atoms with Gasteiger partial charge in [-0.25, -0.2) is 0 Å². The molecule has 0 spiro atoms. The molecular weight excluding hydrogens is 254 g/mol. The molecule has 0 radical (unpaired) electrons. The lowest BCUT2D eigenvalue weighted by Crippen LogP contribution is -2.17. The van der Waals surface area contributed by atoms with E-state index in [0.717, 1.165) is 44.0 Å². The first-order valence-corrected chi connectivity index (χ1v) is 7.24. The summed E-state index contributed by atoms with van der Waals surface area (Å²) in [7, 11) is 0. The van der Waals surface area contributed by atoms with E-state index >= 15 is 0 Å². The quantitative estimate of drug-likeness (QED) is 0.875. The maximum atomic E-state index is 9.03. The maximum absolute atomic E-state index is 9.03. The molecule has 0 aliphatic carbocycles. The lowest BCUT2D eigenvalue weighted by Gasteiger charge is -2.13. The number of hydrogen-bond acceptors (Lipinski definition) is 4. The summed E-state index contributed by atoms with van der Waals surface area (Å²) >= 11 is 0. The predicted octanol–water partition coefficient (Wildman–Crippen LogP) is 1.94. The Bertz CT molecular complexity index is 573. The number of fused-ring (bicyclic) bond motifs is 1. The van der Waals surface area contributed by atoms with Crippen LogP contribution in [0, 0.1) is 0 Å². The minimum Gasteiger partial charge on any atom is -0.465 e. The molecular formula is C15H21N3O2. The number of rotatable bonds is 6. The first kappa shape index (κ1) is 13.4. The summed E-state index contributed by atoms with van der Waals surface area (Å²) in [6, 6.07) is 4.16. The summed E-state index contributed by atoms with van der Waals surface area (Å²) in [5, 5.41) is 13.3. The smallest absolute Gasteiger partial charge is 0.118 e. The van der Waals surface area contributed by atoms with Crippen LogP contribution in [-0.2, 0) is 32.6 Å². The van der Waals surface area contributed by atoms with Crippen molar-refractivity contribution in [2.75, 3.05) is 6.61 Å². The summed E-state index contributed by atoms with van der Waals surface area (Å²) in [5.74, 6) is 2.10. The van der Waals surface area contributed by atoms with Crippen molar-refractivity contribution in [2.24, 2.45) is 0 Å². The lowest BCUT2D eigenvalue weighted by molar-refractivity contribution is 0.235. The van der Waals surface area contributed by atoms with E-state index in [4.69, 9.17) is 9.52 Å². The van der Waals surface area contributed by atoms with E-state index in [-0.39, 0.29) is 6.61 Å². The molecule has 0 fully saturated rings. The molecule has 0 unspecified atom stereocenters. The number of aryl methyl sites for hydroxylation is 1. The third-order valence-corrected chi connectivity index (χ3v) is 3.71. The average Bonchev–Trinajstić information content (AvgIpc) is 3.09. The van der Waals surface area contributed by atoms with E-state index in [1.165, 1.54) is 11.3 Å². The first-order valence-electron chi connectivity index (χ1n) is 7.24. The monoisotopic (exact) mass is 275 g/mol. The summed E-state index contributed by atoms with van der Waals surface area (Å²) in [4.78, 5) is 2.34. The topological polar surface area (TPSA) is 54.4 Å². The van der Waals surface area contributed by atoms with E-state index < -0.39 is 0 Å². The number of aromatic nitrogens is 2. The summed E-state index contributed by atoms with van der Waals surface area (Å²) in [6.07, 6.45) is 4.03. The van der Waals surface area contributed by atoms with E-state index in [0.29, 0.717) is 6.54 Å². The SMILES string of the molecule is CCCc1ccc(CN2Cc3cnn(CCO)c3C2)o1. The highest BCUT2D eigenvalue weighted by atomic mass is 16.3. The Labute approximate surface area is 118 Å². The van der Waals surface area contributed by atoms with Gasteiger partial charge in [0.1, 0.15) is 11.5 Å². The molecule has 2 aromatic rings. The molecule has 0 aromatic carbocycles. The van der Waals surface area contributed by atoms with Crippen LogP contribution in [0.3, 0.4) is 0 Å². The molecule has 1 N–H and O–H groups in total. The zero-order valence-corrected chi connectivity index (χ0v) is 11.9. The molecule has 2 aromatic heterocycles. The fourth-order valence-corrected chi connectivity index (χ4v) is 2.78. The Kier molecular flexibility index (Phi) is 3.89. The third-order valence-electron chi connectivity index (χ3n) is 3.71. The van der Waals surface area contributed by atoms with E-state index in [2.05, 4.69) is 29.1 Å². The Morgan fingerprint density at radius 2 is 2.15 bits per heavy atom. The van der Waals surface area contributed by atoms with Crippen molar-refractivity contribution in [1.82, 2.24) is 14.7 Å². The highest BCUT2D eigenvalue weighted by Crippen LogP contribution is 2.24. The van der Waals surface area contributed by atoms with E-state index in [9.17, 15) is 0 Å². The molecule has 1 aliphatic rings. The van der Waals surface area contributed by atoms with Crippen molar-refractivity contribution < 1.29 is 9.52 Å². The molecule has 1 aliphatic heterocycles. The number of furan rings is 1. The Morgan fingerprint density at radius 3 is 2.95 bits per heavy atom. The molecule has 108 valence electrons. The van der Waals surface area contributed by atoms with Crippen LogP contribution in [-0.4, -0.2) is 26.4 Å². The highest BCUT2D eigenvalue weighted by molar-refractivity contribution is 5.22. The Balaban J connectivity index is 1.63. The van der Waals surface area contributed by atoms with Gasteiger partial charge in [0.05, 0.1) is 31.6 Å². The normalized spacial score (nSPS) is 14.9. The van der Waals surface area contributed by atoms with Crippen molar-refractivity contribution in [3.05, 3.63) is 41.1 Å². The largest absolute Gasteiger partial charge is 0.465 e. The predicted molar refractivity (Wildman–Crippen MR) is 75.0 cm³/mol. The van der Waals surface area contributed by atoms with Gasteiger partial charge in [-0.3, -0.25) is 9.58 Å². The summed E-state index contributed by atoms with van der Waals surface area (Å²) in [5.41, 5.74) is 2.48. The van der Waals surface area contributed by atoms with Crippen LogP contribution in [0.5, 0.6) is 0 Å². The van der Waals surface area contributed by atoms with Crippen LogP contribution >= 0.6 is 0 Å². The minimum absolute atomic E-state index is 0.132. The van der Waals surface area contributed by atoms with Gasteiger partial charge >= 0.3 is 0 Å². The van der Waals surface area contributed by atoms with Gasteiger partial charge in [0.25, 0.3) is 0 Å². The molecule has 3 rings (SSSR count). The van der Waals surface area contributed by atoms with Crippen LogP contribution in [0.2, 0.25) is 0 Å². The molecule has 0 amide bonds. The van der Waals surface area contributed by atoms with Gasteiger partial charge in [-0.15, -0.1) is 0 Å². The zero-order chi connectivity index (χ0) is 13.9. The molecule has 5 heteroatoms. The second-order valence-corrected chi connectivity index (χ2v) is 5.33. The van der Waals surface area contributed by atoms with Crippen molar-refractivity contribution >= 4 is 0 Å². The third kappa shape index (κ3) is 2.64. The summed E-state index contributed by atoms with van der Waals surface area (Å²) < 4.78 is 7.74. The molecule has 0 atom stereocenters. The van der Waals surface area contributed by atoms with Crippen molar-refractivity contribution in [3.8, 4) is 0 Å². The van der Waals surface area contributed by atoms with Crippen LogP contribution in [0.25, 0.3) is 0 Å². The highest BCUT2D eigenvalue weighted by Gasteiger charge is 2.24. The Morgan fingerprint density at radius 1 is 1.30 bits per heavy atom. The van der Waals surface area contributed by atoms with Gasteiger partial charge in [-0.05, 0) is 18.6 Å². The van der Waals surface area contributed by atoms with Crippen molar-refractivity contribution in [1.29, 1.82) is 0 Å². The van der Waals surface area contributed by atoms with E-state index in [1.54, 1.807) is 0 Å². The number of nitrogens with zero attached hydrogens (tertiary/aromatic N) is 3. The van der Waals surface area contributed by atoms with Crippen molar-refractivity contribution in [2.45, 2.75) is 45.9 Å². The second kappa shape index (κ2) is 5.81. The molecule has 3 heterocycles. The number of hydrogen-bond donors (Lipinski definition) is 1. The molecule has 0 bridgehead atoms. The molecule has 0 saturated carbocycles. The standard InChI is InChI=1S/C15H21N3O2/c1-2-3-13-4-5-14(20-13)10-17-9-12-8-16-18(6-7-19)15(12)11-17/h4-5,8,19H,2-3,6-7,9-11H2,1H3. The zero-order valence-electron chi connectivity index (χ0n) is 11.9. The first-order chi connectivity index (χ1) is 9.80. The van der Waals surface area contributed by atoms with E-state index in [1.807, 2.05) is 10.9 Å². The van der Waals surface area contributed by atoms with Gasteiger partial charge in [-0.2, -0.15) is 5.10 Å². The van der Waals surface area contributed by atoms with Crippen LogP contribution in [0.4, 0.5) is 0 Å². The van der Waals surface area contributed by atoms with Crippen LogP contribution < -0.4 is 0 Å². The van der Waals surface area contributed by atoms with Gasteiger partial charge in [-0.1, -0.05) is 6.92 Å². The van der Waals surface area contributed by atoms with Gasteiger partial charge in [0.2, 0.25) is 0 Å². The molecule has 5 nitrogen and oxygen atoms in total. The molecule has 0 saturated heterocycles. The van der Waals surface area contributed by atoms with Crippen molar-refractivity contribution in [3.63, 3.8) is 0 Å². The van der Waals surface area contributed by atoms with Gasteiger partial charge < -0.3 is 9.52 Å². The number of aliphatic hydroxyl groups is 1. The van der Waals surface area contributed by atoms with Crippen LogP contribution in [0.15, 0.2) is 22.7 Å². The van der Waals surface area contributed by atoms with Crippen LogP contribution in [0.1, 0.15) is 36.1 Å². The molecule has 20 heavy (non-hydrogen) atoms. The van der Waals surface area contributed by atoms with Gasteiger partial charge in [0, 0.05) is 25.1 Å². The second-order valence-electron chi connectivity index (χ2n) is 5.33. The lowest BCUT2D eigenvalue weighted by atomic mass is 10.3. The minimum atomic E-state index is 0.132. The maximum Gasteiger partial charge on any atom is 0.118 e.